The largest absolute Gasteiger partial charge is 0.473 e. The molecule has 138 valence electrons. The highest BCUT2D eigenvalue weighted by Crippen LogP contribution is 2.29. The van der Waals surface area contributed by atoms with Crippen molar-refractivity contribution in [2.24, 2.45) is 0 Å². The summed E-state index contributed by atoms with van der Waals surface area (Å²) >= 11 is 6.54. The Morgan fingerprint density at radius 3 is 2.65 bits per heavy atom. The summed E-state index contributed by atoms with van der Waals surface area (Å²) < 4.78 is 33.4. The molecule has 0 radical (unpaired) electrons. The van der Waals surface area contributed by atoms with Gasteiger partial charge in [-0.25, -0.2) is 13.1 Å². The van der Waals surface area contributed by atoms with Crippen LogP contribution in [-0.2, 0) is 29.5 Å². The molecular weight excluding hydrogens is 376 g/mol. The molecule has 0 aliphatic heterocycles. The summed E-state index contributed by atoms with van der Waals surface area (Å²) in [6.45, 7) is 3.12. The molecule has 0 spiro atoms. The van der Waals surface area contributed by atoms with Gasteiger partial charge in [0.15, 0.2) is 9.84 Å². The number of sulfone groups is 1. The number of halogens is 1. The number of benzene rings is 1. The van der Waals surface area contributed by atoms with Gasteiger partial charge in [0.2, 0.25) is 5.88 Å². The lowest BCUT2D eigenvalue weighted by molar-refractivity contribution is 0.273. The molecule has 0 unspecified atom stereocenters. The van der Waals surface area contributed by atoms with Crippen LogP contribution in [0.1, 0.15) is 18.1 Å². The van der Waals surface area contributed by atoms with E-state index in [1.165, 1.54) is 6.26 Å². The van der Waals surface area contributed by atoms with Crippen molar-refractivity contribution in [3.63, 3.8) is 0 Å². The number of aryl methyl sites for hydroxylation is 1. The van der Waals surface area contributed by atoms with E-state index in [1.54, 1.807) is 52.2 Å². The Morgan fingerprint density at radius 2 is 2.00 bits per heavy atom. The van der Waals surface area contributed by atoms with Gasteiger partial charge >= 0.3 is 0 Å². The molecule has 0 fully saturated rings. The molecule has 0 aliphatic carbocycles. The Kier molecular flexibility index (Phi) is 5.33. The minimum atomic E-state index is -3.43. The zero-order valence-electron chi connectivity index (χ0n) is 14.5. The fraction of sp³-hybridized carbons (Fsp3) is 0.294. The molecular formula is C17H19ClN4O3S. The Morgan fingerprint density at radius 1 is 1.19 bits per heavy atom. The van der Waals surface area contributed by atoms with Crippen LogP contribution in [-0.4, -0.2) is 34.2 Å². The van der Waals surface area contributed by atoms with Gasteiger partial charge in [0.25, 0.3) is 0 Å². The topological polar surface area (TPSA) is 79.0 Å². The normalized spacial score (nSPS) is 11.7. The summed E-state index contributed by atoms with van der Waals surface area (Å²) in [6.07, 6.45) is 6.22. The smallest absolute Gasteiger partial charge is 0.212 e. The number of ether oxygens (including phenoxy) is 1. The van der Waals surface area contributed by atoms with Crippen molar-refractivity contribution in [3.8, 4) is 5.88 Å². The molecule has 7 nitrogen and oxygen atoms in total. The Labute approximate surface area is 157 Å². The lowest BCUT2D eigenvalue weighted by atomic mass is 10.1. The fourth-order valence-electron chi connectivity index (χ4n) is 2.65. The maximum absolute atomic E-state index is 12.1. The third kappa shape index (κ3) is 3.91. The minimum absolute atomic E-state index is 0.195. The van der Waals surface area contributed by atoms with Gasteiger partial charge < -0.3 is 4.74 Å². The zero-order valence-corrected chi connectivity index (χ0v) is 16.0. The van der Waals surface area contributed by atoms with Crippen molar-refractivity contribution in [2.75, 3.05) is 6.26 Å². The fourth-order valence-corrected chi connectivity index (χ4v) is 3.91. The third-order valence-corrected chi connectivity index (χ3v) is 5.56. The van der Waals surface area contributed by atoms with Gasteiger partial charge in [-0.3, -0.25) is 4.68 Å². The summed E-state index contributed by atoms with van der Waals surface area (Å²) in [5, 5.41) is 8.65. The summed E-state index contributed by atoms with van der Waals surface area (Å²) in [5.41, 5.74) is 1.20. The van der Waals surface area contributed by atoms with Gasteiger partial charge in [0, 0.05) is 42.4 Å². The van der Waals surface area contributed by atoms with Gasteiger partial charge in [0.1, 0.15) is 6.61 Å². The van der Waals surface area contributed by atoms with Gasteiger partial charge in [-0.2, -0.15) is 10.2 Å². The second kappa shape index (κ2) is 7.51. The van der Waals surface area contributed by atoms with Crippen molar-refractivity contribution in [2.45, 2.75) is 31.5 Å². The molecule has 26 heavy (non-hydrogen) atoms. The average molecular weight is 395 g/mol. The van der Waals surface area contributed by atoms with Gasteiger partial charge in [-0.1, -0.05) is 17.7 Å². The van der Waals surface area contributed by atoms with Gasteiger partial charge in [-0.05, 0) is 19.1 Å². The first-order valence-electron chi connectivity index (χ1n) is 8.02. The highest BCUT2D eigenvalue weighted by molar-refractivity contribution is 7.90. The molecule has 0 amide bonds. The zero-order chi connectivity index (χ0) is 18.7. The molecule has 2 aromatic heterocycles. The van der Waals surface area contributed by atoms with Crippen molar-refractivity contribution < 1.29 is 13.2 Å². The SMILES string of the molecule is CCn1nccc1OCc1ccc(S(C)(=O)=O)c(Cn2cccn2)c1Cl. The molecule has 2 heterocycles. The molecule has 0 aliphatic rings. The number of hydrogen-bond acceptors (Lipinski definition) is 5. The number of rotatable bonds is 7. The van der Waals surface area contributed by atoms with Crippen LogP contribution in [0.4, 0.5) is 0 Å². The standard InChI is InChI=1S/C17H19ClN4O3S/c1-3-22-16(7-9-20-22)25-12-13-5-6-15(26(2,23)24)14(17(13)18)11-21-10-4-8-19-21/h4-10H,3,11-12H2,1-2H3. The molecule has 3 rings (SSSR count). The van der Waals surface area contributed by atoms with Crippen LogP contribution >= 0.6 is 11.6 Å². The molecule has 3 aromatic rings. The van der Waals surface area contributed by atoms with Crippen LogP contribution in [0.2, 0.25) is 5.02 Å². The first-order chi connectivity index (χ1) is 12.4. The highest BCUT2D eigenvalue weighted by Gasteiger charge is 2.20. The van der Waals surface area contributed by atoms with Crippen LogP contribution in [0, 0.1) is 0 Å². The Hall–Kier alpha value is -2.32. The number of hydrogen-bond donors (Lipinski definition) is 0. The molecule has 1 aromatic carbocycles. The first kappa shape index (κ1) is 18.5. The van der Waals surface area contributed by atoms with Crippen molar-refractivity contribution in [1.82, 2.24) is 19.6 Å². The van der Waals surface area contributed by atoms with Crippen molar-refractivity contribution >= 4 is 21.4 Å². The van der Waals surface area contributed by atoms with E-state index in [4.69, 9.17) is 16.3 Å². The van der Waals surface area contributed by atoms with E-state index < -0.39 is 9.84 Å². The maximum atomic E-state index is 12.1. The van der Waals surface area contributed by atoms with Crippen LogP contribution in [0.15, 0.2) is 47.8 Å². The quantitative estimate of drug-likeness (QED) is 0.615. The lowest BCUT2D eigenvalue weighted by Gasteiger charge is -2.15. The van der Waals surface area contributed by atoms with Crippen molar-refractivity contribution in [3.05, 3.63) is 59.0 Å². The molecule has 0 saturated carbocycles. The Bertz CT molecular complexity index is 997. The highest BCUT2D eigenvalue weighted by atomic mass is 35.5. The molecule has 0 saturated heterocycles. The second-order valence-corrected chi connectivity index (χ2v) is 8.13. The van der Waals surface area contributed by atoms with E-state index in [2.05, 4.69) is 10.2 Å². The summed E-state index contributed by atoms with van der Waals surface area (Å²) in [5.74, 6) is 0.629. The Balaban J connectivity index is 1.94. The van der Waals surface area contributed by atoms with Crippen LogP contribution in [0.5, 0.6) is 5.88 Å². The van der Waals surface area contributed by atoms with E-state index in [0.29, 0.717) is 28.6 Å². The second-order valence-electron chi connectivity index (χ2n) is 5.77. The number of nitrogens with zero attached hydrogens (tertiary/aromatic N) is 4. The molecule has 9 heteroatoms. The van der Waals surface area contributed by atoms with Gasteiger partial charge in [0.05, 0.1) is 22.7 Å². The van der Waals surface area contributed by atoms with Gasteiger partial charge in [-0.15, -0.1) is 0 Å². The van der Waals surface area contributed by atoms with Crippen LogP contribution in [0.3, 0.4) is 0 Å². The number of aromatic nitrogens is 4. The summed E-state index contributed by atoms with van der Waals surface area (Å²) in [6, 6.07) is 6.79. The van der Waals surface area contributed by atoms with Crippen LogP contribution in [0.25, 0.3) is 0 Å². The van der Waals surface area contributed by atoms with Crippen molar-refractivity contribution in [1.29, 1.82) is 0 Å². The predicted octanol–water partition coefficient (Wildman–Crippen LogP) is 2.78. The van der Waals surface area contributed by atoms with E-state index in [-0.39, 0.29) is 18.0 Å². The third-order valence-electron chi connectivity index (χ3n) is 3.91. The monoisotopic (exact) mass is 394 g/mol. The maximum Gasteiger partial charge on any atom is 0.212 e. The summed E-state index contributed by atoms with van der Waals surface area (Å²) in [7, 11) is -3.43. The minimum Gasteiger partial charge on any atom is -0.473 e. The van der Waals surface area contributed by atoms with E-state index in [0.717, 1.165) is 0 Å². The average Bonchev–Trinajstić information content (AvgIpc) is 3.25. The molecule has 0 N–H and O–H groups in total. The van der Waals surface area contributed by atoms with E-state index >= 15 is 0 Å². The molecule has 0 atom stereocenters. The van der Waals surface area contributed by atoms with E-state index in [9.17, 15) is 8.42 Å². The first-order valence-corrected chi connectivity index (χ1v) is 10.3. The predicted molar refractivity (Wildman–Crippen MR) is 98.1 cm³/mol. The summed E-state index contributed by atoms with van der Waals surface area (Å²) in [4.78, 5) is 0.195. The van der Waals surface area contributed by atoms with Crippen LogP contribution < -0.4 is 4.74 Å². The molecule has 0 bridgehead atoms. The lowest BCUT2D eigenvalue weighted by Crippen LogP contribution is -2.11. The van der Waals surface area contributed by atoms with E-state index in [1.807, 2.05) is 6.92 Å².